The van der Waals surface area contributed by atoms with Gasteiger partial charge in [-0.2, -0.15) is 4.31 Å². The summed E-state index contributed by atoms with van der Waals surface area (Å²) in [5.74, 6) is -1.73. The number of benzene rings is 1. The van der Waals surface area contributed by atoms with E-state index >= 15 is 0 Å². The van der Waals surface area contributed by atoms with Crippen molar-refractivity contribution in [1.82, 2.24) is 9.21 Å². The van der Waals surface area contributed by atoms with Crippen LogP contribution in [0.5, 0.6) is 0 Å². The van der Waals surface area contributed by atoms with E-state index < -0.39 is 34.3 Å². The maximum atomic E-state index is 13.8. The zero-order valence-electron chi connectivity index (χ0n) is 15.1. The number of amides is 1. The van der Waals surface area contributed by atoms with Gasteiger partial charge in [-0.1, -0.05) is 12.1 Å². The molecule has 0 unspecified atom stereocenters. The smallest absolute Gasteiger partial charge is 0.374 e. The topological polar surface area (TPSA) is 97.1 Å². The zero-order chi connectivity index (χ0) is 20.3. The number of hydrogen-bond donors (Lipinski definition) is 0. The van der Waals surface area contributed by atoms with Gasteiger partial charge in [0.15, 0.2) is 6.61 Å². The second-order valence-corrected chi connectivity index (χ2v) is 8.25. The number of rotatable bonds is 5. The first kappa shape index (κ1) is 20.0. The molecule has 0 aliphatic carbocycles. The van der Waals surface area contributed by atoms with Crippen molar-refractivity contribution in [3.63, 3.8) is 0 Å². The molecule has 150 valence electrons. The van der Waals surface area contributed by atoms with Crippen LogP contribution in [0.1, 0.15) is 10.6 Å². The minimum atomic E-state index is -3.29. The fourth-order valence-corrected chi connectivity index (χ4v) is 3.64. The van der Waals surface area contributed by atoms with Crippen LogP contribution in [0.25, 0.3) is 11.3 Å². The summed E-state index contributed by atoms with van der Waals surface area (Å²) >= 11 is 0. The Morgan fingerprint density at radius 2 is 1.79 bits per heavy atom. The summed E-state index contributed by atoms with van der Waals surface area (Å²) in [7, 11) is -3.29. The normalized spacial score (nSPS) is 15.4. The summed E-state index contributed by atoms with van der Waals surface area (Å²) in [6.07, 6.45) is 1.12. The lowest BCUT2D eigenvalue weighted by Crippen LogP contribution is -2.51. The van der Waals surface area contributed by atoms with Gasteiger partial charge in [0.2, 0.25) is 15.8 Å². The standard InChI is InChI=1S/C18H19FN2O6S/c1-28(24,25)21-10-8-20(9-11-21)17(22)12-26-18(23)16-7-6-15(27-16)13-4-2-3-5-14(13)19/h2-7H,8-12H2,1H3. The highest BCUT2D eigenvalue weighted by Gasteiger charge is 2.27. The molecular formula is C18H19FN2O6S. The fraction of sp³-hybridized carbons (Fsp3) is 0.333. The summed E-state index contributed by atoms with van der Waals surface area (Å²) in [5, 5.41) is 0. The number of carbonyl (C=O) groups excluding carboxylic acids is 2. The SMILES string of the molecule is CS(=O)(=O)N1CCN(C(=O)COC(=O)c2ccc(-c3ccccc3F)o2)CC1. The Hall–Kier alpha value is -2.72. The van der Waals surface area contributed by atoms with Gasteiger partial charge in [-0.3, -0.25) is 4.79 Å². The third-order valence-electron chi connectivity index (χ3n) is 4.33. The Morgan fingerprint density at radius 1 is 1.11 bits per heavy atom. The van der Waals surface area contributed by atoms with Crippen molar-refractivity contribution in [2.24, 2.45) is 0 Å². The molecule has 0 atom stereocenters. The quantitative estimate of drug-likeness (QED) is 0.691. The van der Waals surface area contributed by atoms with Crippen molar-refractivity contribution in [1.29, 1.82) is 0 Å². The molecule has 10 heteroatoms. The van der Waals surface area contributed by atoms with Gasteiger partial charge in [-0.15, -0.1) is 0 Å². The van der Waals surface area contributed by atoms with Crippen LogP contribution in [-0.4, -0.2) is 68.5 Å². The van der Waals surface area contributed by atoms with E-state index in [2.05, 4.69) is 0 Å². The molecule has 0 spiro atoms. The van der Waals surface area contributed by atoms with Crippen molar-refractivity contribution < 1.29 is 31.6 Å². The van der Waals surface area contributed by atoms with Crippen LogP contribution in [0.2, 0.25) is 0 Å². The molecule has 28 heavy (non-hydrogen) atoms. The predicted molar refractivity (Wildman–Crippen MR) is 97.4 cm³/mol. The van der Waals surface area contributed by atoms with Gasteiger partial charge in [-0.05, 0) is 24.3 Å². The van der Waals surface area contributed by atoms with Crippen LogP contribution in [0.3, 0.4) is 0 Å². The van der Waals surface area contributed by atoms with Crippen molar-refractivity contribution in [2.75, 3.05) is 39.0 Å². The molecule has 1 fully saturated rings. The second kappa shape index (κ2) is 8.11. The van der Waals surface area contributed by atoms with E-state index in [-0.39, 0.29) is 43.3 Å². The Kier molecular flexibility index (Phi) is 5.80. The second-order valence-electron chi connectivity index (χ2n) is 6.26. The number of hydrogen-bond acceptors (Lipinski definition) is 6. The van der Waals surface area contributed by atoms with Gasteiger partial charge in [-0.25, -0.2) is 17.6 Å². The van der Waals surface area contributed by atoms with Crippen LogP contribution in [0.15, 0.2) is 40.8 Å². The van der Waals surface area contributed by atoms with Gasteiger partial charge < -0.3 is 14.1 Å². The molecule has 1 saturated heterocycles. The Bertz CT molecular complexity index is 979. The largest absolute Gasteiger partial charge is 0.450 e. The van der Waals surface area contributed by atoms with E-state index in [1.165, 1.54) is 39.5 Å². The number of piperazine rings is 1. The number of furan rings is 1. The highest BCUT2D eigenvalue weighted by molar-refractivity contribution is 7.88. The van der Waals surface area contributed by atoms with Gasteiger partial charge in [0.05, 0.1) is 11.8 Å². The maximum absolute atomic E-state index is 13.8. The molecule has 1 amide bonds. The van der Waals surface area contributed by atoms with Gasteiger partial charge in [0.25, 0.3) is 5.91 Å². The predicted octanol–water partition coefficient (Wildman–Crippen LogP) is 1.35. The van der Waals surface area contributed by atoms with Gasteiger partial charge in [0.1, 0.15) is 11.6 Å². The van der Waals surface area contributed by atoms with E-state index in [0.29, 0.717) is 0 Å². The van der Waals surface area contributed by atoms with Crippen molar-refractivity contribution in [3.05, 3.63) is 48.0 Å². The number of nitrogens with zero attached hydrogens (tertiary/aromatic N) is 2. The average Bonchev–Trinajstić information content (AvgIpc) is 3.15. The molecule has 2 heterocycles. The summed E-state index contributed by atoms with van der Waals surface area (Å²) in [5.41, 5.74) is 0.210. The number of esters is 1. The van der Waals surface area contributed by atoms with Crippen LogP contribution in [-0.2, 0) is 19.6 Å². The molecule has 1 aromatic heterocycles. The molecule has 1 aliphatic heterocycles. The van der Waals surface area contributed by atoms with Crippen molar-refractivity contribution in [2.45, 2.75) is 0 Å². The average molecular weight is 410 g/mol. The number of carbonyl (C=O) groups is 2. The van der Waals surface area contributed by atoms with Gasteiger partial charge in [0, 0.05) is 26.2 Å². The summed E-state index contributed by atoms with van der Waals surface area (Å²) in [4.78, 5) is 25.7. The highest BCUT2D eigenvalue weighted by atomic mass is 32.2. The molecule has 2 aromatic rings. The minimum absolute atomic E-state index is 0.145. The van der Waals surface area contributed by atoms with E-state index in [9.17, 15) is 22.4 Å². The molecule has 0 radical (unpaired) electrons. The molecule has 0 saturated carbocycles. The Balaban J connectivity index is 1.54. The molecule has 8 nitrogen and oxygen atoms in total. The first-order valence-corrected chi connectivity index (χ1v) is 10.4. The maximum Gasteiger partial charge on any atom is 0.374 e. The molecule has 1 aromatic carbocycles. The van der Waals surface area contributed by atoms with Crippen LogP contribution < -0.4 is 0 Å². The molecule has 3 rings (SSSR count). The molecule has 0 N–H and O–H groups in total. The first-order chi connectivity index (χ1) is 13.3. The summed E-state index contributed by atoms with van der Waals surface area (Å²) in [6.45, 7) is 0.349. The highest BCUT2D eigenvalue weighted by Crippen LogP contribution is 2.25. The van der Waals surface area contributed by atoms with Gasteiger partial charge >= 0.3 is 5.97 Å². The minimum Gasteiger partial charge on any atom is -0.450 e. The third-order valence-corrected chi connectivity index (χ3v) is 5.64. The summed E-state index contributed by atoms with van der Waals surface area (Å²) in [6, 6.07) is 8.76. The van der Waals surface area contributed by atoms with Crippen LogP contribution >= 0.6 is 0 Å². The first-order valence-electron chi connectivity index (χ1n) is 8.50. The third kappa shape index (κ3) is 4.57. The Morgan fingerprint density at radius 3 is 2.43 bits per heavy atom. The lowest BCUT2D eigenvalue weighted by Gasteiger charge is -2.33. The fourth-order valence-electron chi connectivity index (χ4n) is 2.81. The van der Waals surface area contributed by atoms with Crippen LogP contribution in [0, 0.1) is 5.82 Å². The van der Waals surface area contributed by atoms with E-state index in [1.807, 2.05) is 0 Å². The molecule has 1 aliphatic rings. The van der Waals surface area contributed by atoms with E-state index in [4.69, 9.17) is 9.15 Å². The van der Waals surface area contributed by atoms with Crippen LogP contribution in [0.4, 0.5) is 4.39 Å². The van der Waals surface area contributed by atoms with E-state index in [0.717, 1.165) is 6.26 Å². The lowest BCUT2D eigenvalue weighted by atomic mass is 10.1. The van der Waals surface area contributed by atoms with Crippen molar-refractivity contribution in [3.8, 4) is 11.3 Å². The van der Waals surface area contributed by atoms with Crippen molar-refractivity contribution >= 4 is 21.9 Å². The Labute approximate surface area is 161 Å². The summed E-state index contributed by atoms with van der Waals surface area (Å²) < 4.78 is 48.3. The molecule has 0 bridgehead atoms. The number of halogens is 1. The van der Waals surface area contributed by atoms with E-state index in [1.54, 1.807) is 6.07 Å². The monoisotopic (exact) mass is 410 g/mol. The number of ether oxygens (including phenoxy) is 1. The zero-order valence-corrected chi connectivity index (χ0v) is 15.9. The lowest BCUT2D eigenvalue weighted by molar-refractivity contribution is -0.135. The molecular weight excluding hydrogens is 391 g/mol. The number of sulfonamides is 1.